The van der Waals surface area contributed by atoms with Crippen LogP contribution in [0.2, 0.25) is 0 Å². The standard InChI is InChI=1S/C42H34F6N2O6/c43-41(44,45)33-19-7-5-17-31(33)39(49,23-25-53-35-21-9-13-27-11-1-3-15-29(27)35)55-37(51)38(52)56-40(50,32-18-6-8-20-34(32)42(46,47)48)24-26-54-36-22-10-14-28-12-2-4-16-30(28)36/h1-22H,23-26,49-50H2. The number of fused-ring (bicyclic) bond motifs is 2. The first kappa shape index (κ1) is 39.6. The maximum atomic E-state index is 14.3. The van der Waals surface area contributed by atoms with Crippen LogP contribution < -0.4 is 20.9 Å². The monoisotopic (exact) mass is 776 g/mol. The number of alkyl halides is 6. The van der Waals surface area contributed by atoms with Gasteiger partial charge in [-0.1, -0.05) is 109 Å². The first-order valence-electron chi connectivity index (χ1n) is 17.2. The maximum absolute atomic E-state index is 14.3. The highest BCUT2D eigenvalue weighted by molar-refractivity contribution is 6.30. The van der Waals surface area contributed by atoms with Gasteiger partial charge in [-0.15, -0.1) is 0 Å². The highest BCUT2D eigenvalue weighted by atomic mass is 19.4. The van der Waals surface area contributed by atoms with Gasteiger partial charge in [-0.25, -0.2) is 9.59 Å². The molecule has 2 unspecified atom stereocenters. The molecule has 0 radical (unpaired) electrons. The highest BCUT2D eigenvalue weighted by Gasteiger charge is 2.46. The Balaban J connectivity index is 1.29. The summed E-state index contributed by atoms with van der Waals surface area (Å²) >= 11 is 0. The molecule has 0 amide bonds. The molecule has 0 fully saturated rings. The summed E-state index contributed by atoms with van der Waals surface area (Å²) < 4.78 is 108. The Morgan fingerprint density at radius 1 is 0.446 bits per heavy atom. The van der Waals surface area contributed by atoms with Crippen LogP contribution in [0.25, 0.3) is 21.5 Å². The van der Waals surface area contributed by atoms with Gasteiger partial charge >= 0.3 is 24.3 Å². The third kappa shape index (κ3) is 8.72. The van der Waals surface area contributed by atoms with E-state index in [1.54, 1.807) is 60.7 Å². The van der Waals surface area contributed by atoms with E-state index in [1.165, 1.54) is 12.1 Å². The minimum atomic E-state index is -4.98. The number of halogens is 6. The molecule has 14 heteroatoms. The topological polar surface area (TPSA) is 123 Å². The second kappa shape index (κ2) is 15.9. The van der Waals surface area contributed by atoms with Crippen molar-refractivity contribution < 1.29 is 54.9 Å². The molecule has 0 aliphatic carbocycles. The number of hydrogen-bond donors (Lipinski definition) is 2. The number of nitrogens with two attached hydrogens (primary N) is 2. The van der Waals surface area contributed by atoms with E-state index < -0.39 is 84.1 Å². The number of ether oxygens (including phenoxy) is 4. The quantitative estimate of drug-likeness (QED) is 0.0547. The first-order chi connectivity index (χ1) is 26.6. The summed E-state index contributed by atoms with van der Waals surface area (Å²) in [5, 5.41) is 2.97. The van der Waals surface area contributed by atoms with Crippen molar-refractivity contribution in [3.8, 4) is 11.5 Å². The van der Waals surface area contributed by atoms with Crippen LogP contribution in [0.4, 0.5) is 26.3 Å². The first-order valence-corrected chi connectivity index (χ1v) is 17.2. The van der Waals surface area contributed by atoms with Gasteiger partial charge in [-0.3, -0.25) is 11.5 Å². The number of hydrogen-bond acceptors (Lipinski definition) is 8. The summed E-state index contributed by atoms with van der Waals surface area (Å²) in [5.41, 5.74) is 3.56. The molecule has 290 valence electrons. The van der Waals surface area contributed by atoms with Crippen molar-refractivity contribution in [2.24, 2.45) is 11.5 Å². The largest absolute Gasteiger partial charge is 0.493 e. The lowest BCUT2D eigenvalue weighted by Gasteiger charge is -2.34. The van der Waals surface area contributed by atoms with Gasteiger partial charge in [0.2, 0.25) is 0 Å². The van der Waals surface area contributed by atoms with E-state index in [0.29, 0.717) is 34.4 Å². The number of carbonyl (C=O) groups is 2. The van der Waals surface area contributed by atoms with Crippen LogP contribution in [0.15, 0.2) is 133 Å². The lowest BCUT2D eigenvalue weighted by molar-refractivity contribution is -0.190. The molecule has 6 aromatic rings. The van der Waals surface area contributed by atoms with Crippen molar-refractivity contribution in [1.29, 1.82) is 0 Å². The van der Waals surface area contributed by atoms with Gasteiger partial charge in [-0.05, 0) is 35.0 Å². The Morgan fingerprint density at radius 3 is 1.14 bits per heavy atom. The molecule has 0 aliphatic rings. The van der Waals surface area contributed by atoms with Crippen LogP contribution in [0.3, 0.4) is 0 Å². The molecule has 0 aliphatic heterocycles. The fourth-order valence-electron chi connectivity index (χ4n) is 6.36. The van der Waals surface area contributed by atoms with E-state index in [2.05, 4.69) is 0 Å². The van der Waals surface area contributed by atoms with E-state index in [0.717, 1.165) is 35.0 Å². The predicted octanol–water partition coefficient (Wildman–Crippen LogP) is 8.98. The van der Waals surface area contributed by atoms with E-state index in [-0.39, 0.29) is 0 Å². The summed E-state index contributed by atoms with van der Waals surface area (Å²) in [6.45, 7) is -0.825. The Bertz CT molecular complexity index is 2190. The van der Waals surface area contributed by atoms with Gasteiger partial charge < -0.3 is 18.9 Å². The van der Waals surface area contributed by atoms with Crippen molar-refractivity contribution >= 4 is 33.5 Å². The Kier molecular flexibility index (Phi) is 11.3. The predicted molar refractivity (Wildman–Crippen MR) is 195 cm³/mol. The fraction of sp³-hybridized carbons (Fsp3) is 0.190. The second-order valence-corrected chi connectivity index (χ2v) is 12.8. The molecule has 6 rings (SSSR count). The summed E-state index contributed by atoms with van der Waals surface area (Å²) in [4.78, 5) is 27.1. The van der Waals surface area contributed by atoms with Gasteiger partial charge in [0.05, 0.1) is 24.3 Å². The Morgan fingerprint density at radius 2 is 0.768 bits per heavy atom. The van der Waals surface area contributed by atoms with E-state index in [4.69, 9.17) is 30.4 Å². The molecule has 6 aromatic carbocycles. The summed E-state index contributed by atoms with van der Waals surface area (Å²) in [7, 11) is 0. The molecular formula is C42H34F6N2O6. The SMILES string of the molecule is NC(CCOc1cccc2ccccc12)(OC(=O)C(=O)OC(N)(CCOc1cccc2ccccc12)c1ccccc1C(F)(F)F)c1ccccc1C(F)(F)F. The van der Waals surface area contributed by atoms with Crippen molar-refractivity contribution in [1.82, 2.24) is 0 Å². The van der Waals surface area contributed by atoms with E-state index >= 15 is 0 Å². The molecule has 0 aromatic heterocycles. The minimum Gasteiger partial charge on any atom is -0.493 e. The summed E-state index contributed by atoms with van der Waals surface area (Å²) in [5.74, 6) is -3.16. The molecular weight excluding hydrogens is 742 g/mol. The number of carbonyl (C=O) groups excluding carboxylic acids is 2. The third-order valence-electron chi connectivity index (χ3n) is 9.05. The van der Waals surface area contributed by atoms with Crippen molar-refractivity contribution in [2.75, 3.05) is 13.2 Å². The molecule has 0 saturated carbocycles. The maximum Gasteiger partial charge on any atom is 0.419 e. The van der Waals surface area contributed by atoms with Gasteiger partial charge in [0.25, 0.3) is 0 Å². The molecule has 8 nitrogen and oxygen atoms in total. The van der Waals surface area contributed by atoms with Crippen LogP contribution in [0.1, 0.15) is 35.1 Å². The fourth-order valence-corrected chi connectivity index (χ4v) is 6.36. The van der Waals surface area contributed by atoms with E-state index in [9.17, 15) is 35.9 Å². The zero-order valence-electron chi connectivity index (χ0n) is 29.4. The average Bonchev–Trinajstić information content (AvgIpc) is 3.17. The zero-order chi connectivity index (χ0) is 40.1. The zero-order valence-corrected chi connectivity index (χ0v) is 29.4. The summed E-state index contributed by atoms with van der Waals surface area (Å²) in [6, 6.07) is 32.6. The molecule has 4 N–H and O–H groups in total. The van der Waals surface area contributed by atoms with Gasteiger partial charge in [-0.2, -0.15) is 26.3 Å². The summed E-state index contributed by atoms with van der Waals surface area (Å²) in [6.07, 6.45) is -11.2. The van der Waals surface area contributed by atoms with Crippen LogP contribution in [0.5, 0.6) is 11.5 Å². The second-order valence-electron chi connectivity index (χ2n) is 12.8. The van der Waals surface area contributed by atoms with Crippen LogP contribution >= 0.6 is 0 Å². The van der Waals surface area contributed by atoms with Crippen LogP contribution in [-0.4, -0.2) is 25.2 Å². The molecule has 2 atom stereocenters. The molecule has 0 heterocycles. The smallest absolute Gasteiger partial charge is 0.419 e. The van der Waals surface area contributed by atoms with Crippen molar-refractivity contribution in [3.63, 3.8) is 0 Å². The lowest BCUT2D eigenvalue weighted by atomic mass is 9.94. The average molecular weight is 777 g/mol. The normalized spacial score (nSPS) is 14.1. The molecule has 56 heavy (non-hydrogen) atoms. The van der Waals surface area contributed by atoms with E-state index in [1.807, 2.05) is 24.3 Å². The number of rotatable bonds is 12. The Labute approximate surface area is 316 Å². The van der Waals surface area contributed by atoms with Crippen molar-refractivity contribution in [2.45, 2.75) is 36.6 Å². The van der Waals surface area contributed by atoms with Crippen LogP contribution in [-0.2, 0) is 42.9 Å². The number of esters is 2. The Hall–Kier alpha value is -6.12. The number of benzene rings is 6. The van der Waals surface area contributed by atoms with Gasteiger partial charge in [0.15, 0.2) is 11.4 Å². The van der Waals surface area contributed by atoms with Gasteiger partial charge in [0.1, 0.15) is 11.5 Å². The van der Waals surface area contributed by atoms with Gasteiger partial charge in [0, 0.05) is 34.7 Å². The highest BCUT2D eigenvalue weighted by Crippen LogP contribution is 2.40. The lowest BCUT2D eigenvalue weighted by Crippen LogP contribution is -2.49. The van der Waals surface area contributed by atoms with Crippen molar-refractivity contribution in [3.05, 3.63) is 156 Å². The minimum absolute atomic E-state index is 0.349. The van der Waals surface area contributed by atoms with Crippen LogP contribution in [0, 0.1) is 0 Å². The molecule has 0 bridgehead atoms. The molecule has 0 spiro atoms. The third-order valence-corrected chi connectivity index (χ3v) is 9.05. The molecule has 0 saturated heterocycles.